The summed E-state index contributed by atoms with van der Waals surface area (Å²) in [7, 11) is 0. The maximum absolute atomic E-state index is 13.1. The molecule has 0 aliphatic carbocycles. The third-order valence-corrected chi connectivity index (χ3v) is 7.29. The van der Waals surface area contributed by atoms with Crippen LogP contribution in [0.3, 0.4) is 0 Å². The van der Waals surface area contributed by atoms with E-state index in [4.69, 9.17) is 0 Å². The first-order chi connectivity index (χ1) is 14.8. The van der Waals surface area contributed by atoms with Crippen molar-refractivity contribution >= 4 is 57.1 Å². The van der Waals surface area contributed by atoms with Gasteiger partial charge in [0.15, 0.2) is 4.34 Å². The summed E-state index contributed by atoms with van der Waals surface area (Å²) < 4.78 is 0.689. The molecule has 160 valence electrons. The van der Waals surface area contributed by atoms with Crippen molar-refractivity contribution in [1.82, 2.24) is 10.2 Å². The summed E-state index contributed by atoms with van der Waals surface area (Å²) in [6.07, 6.45) is 0. The zero-order valence-corrected chi connectivity index (χ0v) is 19.4. The Bertz CT molecular complexity index is 1160. The van der Waals surface area contributed by atoms with Crippen LogP contribution in [0.1, 0.15) is 25.0 Å². The predicted molar refractivity (Wildman–Crippen MR) is 126 cm³/mol. The number of hydrogen-bond donors (Lipinski definition) is 2. The maximum Gasteiger partial charge on any atom is 0.250 e. The lowest BCUT2D eigenvalue weighted by molar-refractivity contribution is -0.125. The van der Waals surface area contributed by atoms with Crippen LogP contribution in [-0.4, -0.2) is 33.3 Å². The van der Waals surface area contributed by atoms with Crippen LogP contribution in [0, 0.1) is 13.8 Å². The van der Waals surface area contributed by atoms with Gasteiger partial charge < -0.3 is 10.6 Å². The molecule has 1 aliphatic heterocycles. The number of hydrogen-bond acceptors (Lipinski definition) is 7. The number of carbonyl (C=O) groups excluding carboxylic acids is 2. The van der Waals surface area contributed by atoms with E-state index in [0.717, 1.165) is 11.3 Å². The Morgan fingerprint density at radius 1 is 1.16 bits per heavy atom. The molecule has 0 saturated heterocycles. The highest BCUT2D eigenvalue weighted by molar-refractivity contribution is 8.01. The molecule has 2 N–H and O–H groups in total. The Kier molecular flexibility index (Phi) is 5.72. The number of aromatic nitrogens is 2. The molecule has 2 amide bonds. The lowest BCUT2D eigenvalue weighted by Gasteiger charge is -2.42. The fourth-order valence-corrected chi connectivity index (χ4v) is 5.02. The van der Waals surface area contributed by atoms with Gasteiger partial charge in [-0.05, 0) is 57.0 Å². The molecular weight excluding hydrogens is 430 g/mol. The Labute approximate surface area is 189 Å². The van der Waals surface area contributed by atoms with Crippen LogP contribution in [0.25, 0.3) is 0 Å². The molecule has 0 fully saturated rings. The Hall–Kier alpha value is -2.91. The monoisotopic (exact) mass is 453 g/mol. The van der Waals surface area contributed by atoms with Crippen LogP contribution in [0.4, 0.5) is 22.2 Å². The van der Waals surface area contributed by atoms with Gasteiger partial charge in [-0.1, -0.05) is 47.4 Å². The molecule has 0 unspecified atom stereocenters. The van der Waals surface area contributed by atoms with Crippen molar-refractivity contribution in [3.63, 3.8) is 0 Å². The number of aryl methyl sites for hydroxylation is 1. The summed E-state index contributed by atoms with van der Waals surface area (Å²) in [5.74, 6) is -0.208. The summed E-state index contributed by atoms with van der Waals surface area (Å²) in [6.45, 7) is 7.62. The average molecular weight is 454 g/mol. The average Bonchev–Trinajstić information content (AvgIpc) is 3.18. The maximum atomic E-state index is 13.1. The van der Waals surface area contributed by atoms with Gasteiger partial charge in [-0.3, -0.25) is 14.5 Å². The quantitative estimate of drug-likeness (QED) is 0.542. The molecule has 1 aromatic heterocycles. The first-order valence-corrected chi connectivity index (χ1v) is 11.6. The van der Waals surface area contributed by atoms with Crippen molar-refractivity contribution < 1.29 is 9.59 Å². The van der Waals surface area contributed by atoms with E-state index in [-0.39, 0.29) is 17.6 Å². The van der Waals surface area contributed by atoms with Crippen molar-refractivity contribution in [2.24, 2.45) is 0 Å². The van der Waals surface area contributed by atoms with Crippen LogP contribution in [0.15, 0.2) is 46.8 Å². The largest absolute Gasteiger partial charge is 0.330 e. The molecule has 2 heterocycles. The number of anilines is 4. The lowest BCUT2D eigenvalue weighted by Crippen LogP contribution is -2.58. The van der Waals surface area contributed by atoms with E-state index in [9.17, 15) is 9.59 Å². The van der Waals surface area contributed by atoms with Crippen molar-refractivity contribution in [3.8, 4) is 0 Å². The van der Waals surface area contributed by atoms with E-state index in [2.05, 4.69) is 40.7 Å². The molecule has 9 heteroatoms. The highest BCUT2D eigenvalue weighted by Gasteiger charge is 2.43. The molecule has 0 atom stereocenters. The first-order valence-electron chi connectivity index (χ1n) is 9.80. The zero-order valence-electron chi connectivity index (χ0n) is 17.7. The van der Waals surface area contributed by atoms with E-state index in [1.165, 1.54) is 28.7 Å². The number of fused-ring (bicyclic) bond motifs is 1. The first kappa shape index (κ1) is 21.3. The molecule has 0 radical (unpaired) electrons. The number of nitrogens with zero attached hydrogens (tertiary/aromatic N) is 3. The minimum atomic E-state index is -0.984. The van der Waals surface area contributed by atoms with Crippen molar-refractivity contribution in [3.05, 3.63) is 53.6 Å². The third kappa shape index (κ3) is 4.15. The second kappa shape index (κ2) is 8.32. The number of rotatable bonds is 5. The summed E-state index contributed by atoms with van der Waals surface area (Å²) in [5.41, 5.74) is 3.70. The van der Waals surface area contributed by atoms with Gasteiger partial charge in [0, 0.05) is 5.69 Å². The zero-order chi connectivity index (χ0) is 22.2. The SMILES string of the molecule is Cc1cccc(Nc2nnc(SCC(=O)N3c4ccccc4NC(=O)C3(C)C)s2)c1C. The molecule has 0 spiro atoms. The van der Waals surface area contributed by atoms with Crippen molar-refractivity contribution in [2.75, 3.05) is 21.3 Å². The van der Waals surface area contributed by atoms with Crippen LogP contribution in [0.2, 0.25) is 0 Å². The smallest absolute Gasteiger partial charge is 0.250 e. The second-order valence-corrected chi connectivity index (χ2v) is 9.99. The molecule has 0 saturated carbocycles. The summed E-state index contributed by atoms with van der Waals surface area (Å²) >= 11 is 2.72. The van der Waals surface area contributed by atoms with Gasteiger partial charge in [0.1, 0.15) is 5.54 Å². The van der Waals surface area contributed by atoms with Gasteiger partial charge in [0.2, 0.25) is 16.9 Å². The van der Waals surface area contributed by atoms with E-state index in [1.54, 1.807) is 24.8 Å². The highest BCUT2D eigenvalue weighted by Crippen LogP contribution is 2.38. The number of para-hydroxylation sites is 2. The normalized spacial score (nSPS) is 14.7. The van der Waals surface area contributed by atoms with Gasteiger partial charge in [-0.25, -0.2) is 0 Å². The van der Waals surface area contributed by atoms with Gasteiger partial charge in [0.05, 0.1) is 17.1 Å². The standard InChI is InChI=1S/C22H23N5O2S2/c1-13-8-7-10-15(14(13)2)24-20-25-26-21(31-20)30-12-18(28)27-17-11-6-5-9-16(17)23-19(29)22(27,3)4/h5-11H,12H2,1-4H3,(H,23,29)(H,24,25). The van der Waals surface area contributed by atoms with Crippen LogP contribution >= 0.6 is 23.1 Å². The van der Waals surface area contributed by atoms with E-state index >= 15 is 0 Å². The van der Waals surface area contributed by atoms with Gasteiger partial charge >= 0.3 is 0 Å². The van der Waals surface area contributed by atoms with Gasteiger partial charge in [0.25, 0.3) is 0 Å². The van der Waals surface area contributed by atoms with Crippen molar-refractivity contribution in [2.45, 2.75) is 37.6 Å². The number of amides is 2. The van der Waals surface area contributed by atoms with Crippen LogP contribution in [0.5, 0.6) is 0 Å². The van der Waals surface area contributed by atoms with E-state index < -0.39 is 5.54 Å². The van der Waals surface area contributed by atoms with E-state index in [1.807, 2.05) is 30.3 Å². The summed E-state index contributed by atoms with van der Waals surface area (Å²) in [5, 5.41) is 15.2. The fourth-order valence-electron chi connectivity index (χ4n) is 3.41. The van der Waals surface area contributed by atoms with Gasteiger partial charge in [-0.15, -0.1) is 10.2 Å². The number of nitrogens with one attached hydrogen (secondary N) is 2. The third-order valence-electron chi connectivity index (χ3n) is 5.33. The molecule has 31 heavy (non-hydrogen) atoms. The van der Waals surface area contributed by atoms with Crippen LogP contribution in [-0.2, 0) is 9.59 Å². The van der Waals surface area contributed by atoms with Gasteiger partial charge in [-0.2, -0.15) is 0 Å². The Morgan fingerprint density at radius 2 is 1.94 bits per heavy atom. The minimum absolute atomic E-state index is 0.156. The Morgan fingerprint density at radius 3 is 2.74 bits per heavy atom. The molecular formula is C22H23N5O2S2. The molecule has 4 rings (SSSR count). The van der Waals surface area contributed by atoms with E-state index in [0.29, 0.717) is 20.8 Å². The predicted octanol–water partition coefficient (Wildman–Crippen LogP) is 4.75. The summed E-state index contributed by atoms with van der Waals surface area (Å²) in [6, 6.07) is 13.4. The number of benzene rings is 2. The molecule has 1 aliphatic rings. The lowest BCUT2D eigenvalue weighted by atomic mass is 9.96. The molecule has 3 aromatic rings. The van der Waals surface area contributed by atoms with Crippen LogP contribution < -0.4 is 15.5 Å². The minimum Gasteiger partial charge on any atom is -0.330 e. The summed E-state index contributed by atoms with van der Waals surface area (Å²) in [4.78, 5) is 27.3. The number of thioether (sulfide) groups is 1. The molecule has 2 aromatic carbocycles. The number of carbonyl (C=O) groups is 2. The molecule has 7 nitrogen and oxygen atoms in total. The topological polar surface area (TPSA) is 87.2 Å². The Balaban J connectivity index is 1.47. The van der Waals surface area contributed by atoms with Crippen molar-refractivity contribution in [1.29, 1.82) is 0 Å². The highest BCUT2D eigenvalue weighted by atomic mass is 32.2. The fraction of sp³-hybridized carbons (Fsp3) is 0.273. The molecule has 0 bridgehead atoms. The second-order valence-electron chi connectivity index (χ2n) is 7.79.